The minimum Gasteiger partial charge on any atom is -0.495 e. The van der Waals surface area contributed by atoms with E-state index in [1.54, 1.807) is 7.11 Å². The summed E-state index contributed by atoms with van der Waals surface area (Å²) in [7, 11) is 1.72. The summed E-state index contributed by atoms with van der Waals surface area (Å²) in [6.45, 7) is 8.49. The zero-order valence-electron chi connectivity index (χ0n) is 29.3. The maximum Gasteiger partial charge on any atom is 0.303 e. The Labute approximate surface area is 306 Å². The number of nitrogens with zero attached hydrogens (tertiary/aromatic N) is 3. The molecule has 268 valence electrons. The van der Waals surface area contributed by atoms with E-state index in [4.69, 9.17) is 14.6 Å². The number of carbonyl (C=O) groups is 2. The fraction of sp³-hybridized carbons (Fsp3) is 0.317. The first-order chi connectivity index (χ1) is 24.4. The molecule has 2 heterocycles. The van der Waals surface area contributed by atoms with E-state index in [9.17, 15) is 9.59 Å². The molecule has 0 radical (unpaired) electrons. The van der Waals surface area contributed by atoms with Crippen LogP contribution in [0.3, 0.4) is 0 Å². The fourth-order valence-corrected chi connectivity index (χ4v) is 6.69. The number of ether oxygens (including phenoxy) is 2. The summed E-state index contributed by atoms with van der Waals surface area (Å²) in [6.07, 6.45) is 3.27. The zero-order valence-corrected chi connectivity index (χ0v) is 30.2. The number of carboxylic acid groups (broad SMARTS) is 1. The Morgan fingerprint density at radius 3 is 2.41 bits per heavy atom. The fourth-order valence-electron chi connectivity index (χ4n) is 6.69. The number of halogens is 1. The molecule has 9 nitrogen and oxygen atoms in total. The van der Waals surface area contributed by atoms with Gasteiger partial charge in [0, 0.05) is 80.5 Å². The van der Waals surface area contributed by atoms with Gasteiger partial charge in [0.25, 0.3) is 0 Å². The van der Waals surface area contributed by atoms with Crippen molar-refractivity contribution in [3.05, 3.63) is 119 Å². The number of aromatic nitrogens is 1. The molecular weight excluding hydrogens is 664 g/mol. The van der Waals surface area contributed by atoms with Crippen LogP contribution in [0.15, 0.2) is 97.2 Å². The molecule has 10 heteroatoms. The third-order valence-corrected chi connectivity index (χ3v) is 9.31. The average molecular weight is 711 g/mol. The molecule has 5 aromatic rings. The maximum absolute atomic E-state index is 14.0. The second-order valence-electron chi connectivity index (χ2n) is 12.8. The number of hydrogen-bond donors (Lipinski definition) is 2. The van der Waals surface area contributed by atoms with Crippen LogP contribution in [0.4, 0.5) is 11.4 Å². The number of aliphatic carboxylic acids is 1. The number of anilines is 2. The highest BCUT2D eigenvalue weighted by Crippen LogP contribution is 2.31. The van der Waals surface area contributed by atoms with Crippen LogP contribution in [0.1, 0.15) is 46.3 Å². The summed E-state index contributed by atoms with van der Waals surface area (Å²) in [5.74, 6) is 0.632. The lowest BCUT2D eigenvalue weighted by Gasteiger charge is -2.36. The number of hydrogen-bond acceptors (Lipinski definition) is 7. The highest BCUT2D eigenvalue weighted by Gasteiger charge is 2.21. The van der Waals surface area contributed by atoms with Gasteiger partial charge in [0.05, 0.1) is 25.1 Å². The van der Waals surface area contributed by atoms with Crippen LogP contribution in [0.25, 0.3) is 10.9 Å². The molecule has 0 saturated carbocycles. The van der Waals surface area contributed by atoms with Gasteiger partial charge in [0.15, 0.2) is 5.78 Å². The van der Waals surface area contributed by atoms with Crippen molar-refractivity contribution in [1.82, 2.24) is 9.47 Å². The van der Waals surface area contributed by atoms with Crippen LogP contribution in [-0.2, 0) is 17.9 Å². The number of benzene rings is 4. The highest BCUT2D eigenvalue weighted by molar-refractivity contribution is 6.16. The Balaban J connectivity index is 0.00000504. The monoisotopic (exact) mass is 710 g/mol. The molecular formula is C41H47ClN4O5. The molecule has 1 aliphatic heterocycles. The van der Waals surface area contributed by atoms with Gasteiger partial charge in [-0.2, -0.15) is 0 Å². The lowest BCUT2D eigenvalue weighted by Crippen LogP contribution is -2.46. The van der Waals surface area contributed by atoms with Gasteiger partial charge in [-0.05, 0) is 61.7 Å². The van der Waals surface area contributed by atoms with E-state index in [2.05, 4.69) is 58.4 Å². The molecule has 0 bridgehead atoms. The number of rotatable bonds is 16. The van der Waals surface area contributed by atoms with Gasteiger partial charge in [-0.3, -0.25) is 14.5 Å². The molecule has 1 saturated heterocycles. The summed E-state index contributed by atoms with van der Waals surface area (Å²) in [5, 5.41) is 13.5. The minimum absolute atomic E-state index is 0. The first-order valence-corrected chi connectivity index (χ1v) is 17.4. The van der Waals surface area contributed by atoms with Crippen molar-refractivity contribution in [1.29, 1.82) is 0 Å². The minimum atomic E-state index is -0.826. The average Bonchev–Trinajstić information content (AvgIpc) is 3.51. The van der Waals surface area contributed by atoms with Crippen molar-refractivity contribution in [2.75, 3.05) is 56.7 Å². The first-order valence-electron chi connectivity index (χ1n) is 17.4. The Morgan fingerprint density at radius 2 is 1.63 bits per heavy atom. The van der Waals surface area contributed by atoms with E-state index < -0.39 is 5.97 Å². The SMILES string of the molecule is COc1ccccc1N1CCN(CCCOc2cc(C(=O)c3cn(CCCC(=O)O)c4ccccc34)ccc2NCc2cccc(C)c2)CC1.Cl. The van der Waals surface area contributed by atoms with Gasteiger partial charge >= 0.3 is 5.97 Å². The smallest absolute Gasteiger partial charge is 0.303 e. The van der Waals surface area contributed by atoms with E-state index >= 15 is 0 Å². The number of fused-ring (bicyclic) bond motifs is 1. The Morgan fingerprint density at radius 1 is 0.843 bits per heavy atom. The number of aryl methyl sites for hydroxylation is 2. The number of carbonyl (C=O) groups excluding carboxylic acids is 1. The highest BCUT2D eigenvalue weighted by atomic mass is 35.5. The van der Waals surface area contributed by atoms with Gasteiger partial charge in [-0.1, -0.05) is 60.2 Å². The van der Waals surface area contributed by atoms with Crippen LogP contribution in [0.5, 0.6) is 11.5 Å². The van der Waals surface area contributed by atoms with Gasteiger partial charge in [0.1, 0.15) is 11.5 Å². The van der Waals surface area contributed by atoms with Gasteiger partial charge in [-0.25, -0.2) is 0 Å². The Bertz CT molecular complexity index is 1930. The lowest BCUT2D eigenvalue weighted by molar-refractivity contribution is -0.137. The summed E-state index contributed by atoms with van der Waals surface area (Å²) in [5.41, 5.74) is 6.39. The molecule has 1 fully saturated rings. The molecule has 1 aromatic heterocycles. The topological polar surface area (TPSA) is 96.3 Å². The van der Waals surface area contributed by atoms with E-state index in [-0.39, 0.29) is 24.6 Å². The molecule has 1 aliphatic rings. The normalized spacial score (nSPS) is 13.1. The maximum atomic E-state index is 14.0. The Hall–Kier alpha value is -4.99. The number of ketones is 1. The van der Waals surface area contributed by atoms with Gasteiger partial charge < -0.3 is 29.4 Å². The quantitative estimate of drug-likeness (QED) is 0.0796. The van der Waals surface area contributed by atoms with Crippen molar-refractivity contribution in [2.24, 2.45) is 0 Å². The molecule has 0 aliphatic carbocycles. The number of piperazine rings is 1. The molecule has 0 spiro atoms. The third-order valence-electron chi connectivity index (χ3n) is 9.31. The van der Waals surface area contributed by atoms with Crippen molar-refractivity contribution in [3.63, 3.8) is 0 Å². The molecule has 51 heavy (non-hydrogen) atoms. The van der Waals surface area contributed by atoms with Crippen LogP contribution in [0.2, 0.25) is 0 Å². The second kappa shape index (κ2) is 17.8. The number of methoxy groups -OCH3 is 1. The van der Waals surface area contributed by atoms with Crippen molar-refractivity contribution in [3.8, 4) is 11.5 Å². The number of nitrogens with one attached hydrogen (secondary N) is 1. The molecule has 4 aromatic carbocycles. The van der Waals surface area contributed by atoms with E-state index in [0.717, 1.165) is 67.2 Å². The predicted octanol–water partition coefficient (Wildman–Crippen LogP) is 7.68. The van der Waals surface area contributed by atoms with Crippen molar-refractivity contribution >= 4 is 46.4 Å². The lowest BCUT2D eigenvalue weighted by atomic mass is 10.0. The second-order valence-corrected chi connectivity index (χ2v) is 12.8. The Kier molecular flexibility index (Phi) is 13.0. The van der Waals surface area contributed by atoms with Crippen molar-refractivity contribution < 1.29 is 24.2 Å². The standard InChI is InChI=1S/C41H46N4O5.ClH/c1-30-10-7-11-31(26-30)28-42-35-18-17-32(41(48)34-29-45(20-8-16-40(46)47)36-13-4-3-12-33(34)36)27-39(35)50-25-9-19-43-21-23-44(24-22-43)37-14-5-6-15-38(37)49-2;/h3-7,10-15,17-18,26-27,29,42H,8-9,16,19-25,28H2,1-2H3,(H,46,47);1H. The summed E-state index contributed by atoms with van der Waals surface area (Å²) < 4.78 is 14.0. The van der Waals surface area contributed by atoms with Crippen molar-refractivity contribution in [2.45, 2.75) is 39.3 Å². The summed E-state index contributed by atoms with van der Waals surface area (Å²) in [6, 6.07) is 30.0. The molecule has 0 amide bonds. The summed E-state index contributed by atoms with van der Waals surface area (Å²) in [4.78, 5) is 30.0. The summed E-state index contributed by atoms with van der Waals surface area (Å²) >= 11 is 0. The molecule has 6 rings (SSSR count). The van der Waals surface area contributed by atoms with Gasteiger partial charge in [-0.15, -0.1) is 12.4 Å². The zero-order chi connectivity index (χ0) is 34.9. The predicted molar refractivity (Wildman–Crippen MR) is 206 cm³/mol. The number of para-hydroxylation sites is 3. The van der Waals surface area contributed by atoms with Crippen LogP contribution in [-0.4, -0.2) is 72.8 Å². The largest absolute Gasteiger partial charge is 0.495 e. The van der Waals surface area contributed by atoms with Gasteiger partial charge in [0.2, 0.25) is 0 Å². The molecule has 0 unspecified atom stereocenters. The van der Waals surface area contributed by atoms with Crippen LogP contribution >= 0.6 is 12.4 Å². The molecule has 0 atom stereocenters. The first kappa shape index (κ1) is 37.3. The van der Waals surface area contributed by atoms with E-state index in [1.807, 2.05) is 65.4 Å². The van der Waals surface area contributed by atoms with Crippen LogP contribution in [0, 0.1) is 6.92 Å². The number of carboxylic acids is 1. The molecule has 2 N–H and O–H groups in total. The third kappa shape index (κ3) is 9.42. The van der Waals surface area contributed by atoms with Crippen LogP contribution < -0.4 is 19.7 Å². The van der Waals surface area contributed by atoms with E-state index in [1.165, 1.54) is 11.1 Å². The van der Waals surface area contributed by atoms with E-state index in [0.29, 0.717) is 43.0 Å².